The molecular formula is C17H16ClNO5S2. The van der Waals surface area contributed by atoms with Crippen LogP contribution in [-0.4, -0.2) is 39.5 Å². The first kappa shape index (κ1) is 18.9. The summed E-state index contributed by atoms with van der Waals surface area (Å²) in [5, 5.41) is 2.30. The van der Waals surface area contributed by atoms with E-state index < -0.39 is 24.9 Å². The normalized spacial score (nSPS) is 19.2. The first-order valence-electron chi connectivity index (χ1n) is 7.79. The highest BCUT2D eigenvalue weighted by Gasteiger charge is 2.37. The van der Waals surface area contributed by atoms with Gasteiger partial charge < -0.3 is 5.32 Å². The predicted molar refractivity (Wildman–Crippen MR) is 100 cm³/mol. The average Bonchev–Trinajstić information content (AvgIpc) is 2.98. The van der Waals surface area contributed by atoms with E-state index in [-0.39, 0.29) is 34.3 Å². The van der Waals surface area contributed by atoms with Crippen LogP contribution in [0.3, 0.4) is 0 Å². The van der Waals surface area contributed by atoms with Crippen LogP contribution >= 0.6 is 11.6 Å². The summed E-state index contributed by atoms with van der Waals surface area (Å²) in [5.74, 6) is -0.855. The molecule has 9 heteroatoms. The van der Waals surface area contributed by atoms with Gasteiger partial charge in [0.1, 0.15) is 0 Å². The summed E-state index contributed by atoms with van der Waals surface area (Å²) in [7, 11) is -7.04. The van der Waals surface area contributed by atoms with Crippen LogP contribution in [0.15, 0.2) is 53.4 Å². The molecule has 1 atom stereocenters. The van der Waals surface area contributed by atoms with Crippen LogP contribution in [0.5, 0.6) is 0 Å². The van der Waals surface area contributed by atoms with Crippen molar-refractivity contribution in [1.82, 2.24) is 0 Å². The summed E-state index contributed by atoms with van der Waals surface area (Å²) < 4.78 is 48.2. The van der Waals surface area contributed by atoms with E-state index in [1.165, 1.54) is 24.3 Å². The van der Waals surface area contributed by atoms with E-state index in [0.29, 0.717) is 10.7 Å². The highest BCUT2D eigenvalue weighted by atomic mass is 35.5. The lowest BCUT2D eigenvalue weighted by molar-refractivity contribution is 0.102. The zero-order valence-corrected chi connectivity index (χ0v) is 15.9. The van der Waals surface area contributed by atoms with Gasteiger partial charge in [-0.05, 0) is 55.0 Å². The Bertz CT molecular complexity index is 1030. The molecule has 2 aromatic carbocycles. The van der Waals surface area contributed by atoms with Gasteiger partial charge in [0.2, 0.25) is 0 Å². The Kier molecular flexibility index (Phi) is 5.09. The molecule has 0 spiro atoms. The minimum absolute atomic E-state index is 0.0163. The van der Waals surface area contributed by atoms with E-state index in [1.54, 1.807) is 24.3 Å². The lowest BCUT2D eigenvalue weighted by Gasteiger charge is -2.11. The van der Waals surface area contributed by atoms with Gasteiger partial charge in [-0.1, -0.05) is 11.6 Å². The third-order valence-electron chi connectivity index (χ3n) is 4.18. The number of benzene rings is 2. The third-order valence-corrected chi connectivity index (χ3v) is 8.62. The number of anilines is 1. The highest BCUT2D eigenvalue weighted by Crippen LogP contribution is 2.25. The third kappa shape index (κ3) is 4.08. The molecule has 1 N–H and O–H groups in total. The molecule has 0 saturated carbocycles. The van der Waals surface area contributed by atoms with Gasteiger partial charge in [-0.25, -0.2) is 16.8 Å². The maximum absolute atomic E-state index is 12.5. The van der Waals surface area contributed by atoms with Crippen LogP contribution < -0.4 is 5.32 Å². The number of carbonyl (C=O) groups excluding carboxylic acids is 1. The summed E-state index contributed by atoms with van der Waals surface area (Å²) in [4.78, 5) is 12.2. The van der Waals surface area contributed by atoms with Crippen molar-refractivity contribution in [3.63, 3.8) is 0 Å². The lowest BCUT2D eigenvalue weighted by atomic mass is 10.2. The molecule has 1 heterocycles. The number of amides is 1. The minimum Gasteiger partial charge on any atom is -0.322 e. The van der Waals surface area contributed by atoms with Gasteiger partial charge in [0.05, 0.1) is 21.7 Å². The van der Waals surface area contributed by atoms with Crippen molar-refractivity contribution in [2.75, 3.05) is 16.8 Å². The van der Waals surface area contributed by atoms with E-state index in [0.717, 1.165) is 0 Å². The molecule has 1 saturated heterocycles. The molecule has 26 heavy (non-hydrogen) atoms. The summed E-state index contributed by atoms with van der Waals surface area (Å²) in [6.07, 6.45) is 0.101. The van der Waals surface area contributed by atoms with Gasteiger partial charge in [-0.2, -0.15) is 0 Å². The molecule has 1 unspecified atom stereocenters. The van der Waals surface area contributed by atoms with Crippen molar-refractivity contribution in [1.29, 1.82) is 0 Å². The van der Waals surface area contributed by atoms with Gasteiger partial charge >= 0.3 is 0 Å². The fourth-order valence-corrected chi connectivity index (χ4v) is 7.22. The van der Waals surface area contributed by atoms with Gasteiger partial charge in [0, 0.05) is 16.3 Å². The molecule has 138 valence electrons. The fraction of sp³-hybridized carbons (Fsp3) is 0.235. The van der Waals surface area contributed by atoms with Crippen LogP contribution in [0, 0.1) is 0 Å². The van der Waals surface area contributed by atoms with E-state index in [9.17, 15) is 21.6 Å². The first-order chi connectivity index (χ1) is 12.2. The van der Waals surface area contributed by atoms with Gasteiger partial charge in [0.25, 0.3) is 5.91 Å². The maximum Gasteiger partial charge on any atom is 0.255 e. The summed E-state index contributed by atoms with van der Waals surface area (Å²) in [5.41, 5.74) is 0.852. The summed E-state index contributed by atoms with van der Waals surface area (Å²) in [6.45, 7) is 0. The van der Waals surface area contributed by atoms with E-state index in [2.05, 4.69) is 5.32 Å². The topological polar surface area (TPSA) is 97.4 Å². The standard InChI is InChI=1S/C17H16ClNO5S2/c18-13-3-5-14(6-4-13)19-17(20)12-1-7-15(8-2-12)26(23,24)16-9-10-25(21,22)11-16/h1-8,16H,9-11H2,(H,19,20). The molecule has 0 aliphatic carbocycles. The summed E-state index contributed by atoms with van der Waals surface area (Å²) >= 11 is 5.79. The van der Waals surface area contributed by atoms with Crippen molar-refractivity contribution in [3.05, 3.63) is 59.1 Å². The Morgan fingerprint density at radius 2 is 1.65 bits per heavy atom. The molecule has 6 nitrogen and oxygen atoms in total. The quantitative estimate of drug-likeness (QED) is 0.830. The Labute approximate surface area is 157 Å². The smallest absolute Gasteiger partial charge is 0.255 e. The highest BCUT2D eigenvalue weighted by molar-refractivity contribution is 7.96. The molecule has 0 radical (unpaired) electrons. The van der Waals surface area contributed by atoms with Crippen molar-refractivity contribution in [3.8, 4) is 0 Å². The van der Waals surface area contributed by atoms with Crippen LogP contribution in [0.25, 0.3) is 0 Å². The number of sulfone groups is 2. The molecule has 1 amide bonds. The fourth-order valence-electron chi connectivity index (χ4n) is 2.73. The number of halogens is 1. The van der Waals surface area contributed by atoms with Crippen LogP contribution in [-0.2, 0) is 19.7 Å². The van der Waals surface area contributed by atoms with E-state index in [4.69, 9.17) is 11.6 Å². The number of hydrogen-bond donors (Lipinski definition) is 1. The molecule has 3 rings (SSSR count). The molecule has 1 aliphatic heterocycles. The van der Waals surface area contributed by atoms with Gasteiger partial charge in [-0.15, -0.1) is 0 Å². The second-order valence-corrected chi connectivity index (χ2v) is 10.9. The Hall–Kier alpha value is -1.90. The average molecular weight is 414 g/mol. The minimum atomic E-state index is -3.74. The number of hydrogen-bond acceptors (Lipinski definition) is 5. The second kappa shape index (κ2) is 7.02. The maximum atomic E-state index is 12.5. The first-order valence-corrected chi connectivity index (χ1v) is 11.5. The molecule has 2 aromatic rings. The van der Waals surface area contributed by atoms with E-state index >= 15 is 0 Å². The molecule has 0 aromatic heterocycles. The van der Waals surface area contributed by atoms with Crippen molar-refractivity contribution in [2.45, 2.75) is 16.6 Å². The number of carbonyl (C=O) groups is 1. The van der Waals surface area contributed by atoms with Crippen molar-refractivity contribution in [2.24, 2.45) is 0 Å². The van der Waals surface area contributed by atoms with Crippen LogP contribution in [0.2, 0.25) is 5.02 Å². The number of nitrogens with one attached hydrogen (secondary N) is 1. The monoisotopic (exact) mass is 413 g/mol. The predicted octanol–water partition coefficient (Wildman–Crippen LogP) is 2.55. The zero-order chi connectivity index (χ0) is 18.9. The Morgan fingerprint density at radius 1 is 1.04 bits per heavy atom. The SMILES string of the molecule is O=C(Nc1ccc(Cl)cc1)c1ccc(S(=O)(=O)C2CCS(=O)(=O)C2)cc1. The van der Waals surface area contributed by atoms with Gasteiger partial charge in [-0.3, -0.25) is 4.79 Å². The van der Waals surface area contributed by atoms with Crippen molar-refractivity contribution >= 4 is 42.9 Å². The van der Waals surface area contributed by atoms with Gasteiger partial charge in [0.15, 0.2) is 19.7 Å². The molecule has 0 bridgehead atoms. The lowest BCUT2D eigenvalue weighted by Crippen LogP contribution is -2.22. The number of rotatable bonds is 4. The largest absolute Gasteiger partial charge is 0.322 e. The molecule has 1 fully saturated rings. The van der Waals surface area contributed by atoms with Crippen LogP contribution in [0.4, 0.5) is 5.69 Å². The zero-order valence-electron chi connectivity index (χ0n) is 13.6. The van der Waals surface area contributed by atoms with Crippen molar-refractivity contribution < 1.29 is 21.6 Å². The summed E-state index contributed by atoms with van der Waals surface area (Å²) in [6, 6.07) is 12.1. The van der Waals surface area contributed by atoms with Crippen LogP contribution in [0.1, 0.15) is 16.8 Å². The van der Waals surface area contributed by atoms with E-state index in [1.807, 2.05) is 0 Å². The Balaban J connectivity index is 1.75. The molecule has 1 aliphatic rings. The second-order valence-electron chi connectivity index (χ2n) is 6.06. The molecular weight excluding hydrogens is 398 g/mol. The Morgan fingerprint density at radius 3 is 2.19 bits per heavy atom.